The maximum atomic E-state index is 12.5. The molecular formula is C18H16BrNO2. The Morgan fingerprint density at radius 3 is 2.55 bits per heavy atom. The molecule has 2 atom stereocenters. The van der Waals surface area contributed by atoms with E-state index in [1.807, 2.05) is 47.4 Å². The van der Waals surface area contributed by atoms with E-state index in [1.165, 1.54) is 0 Å². The topological polar surface area (TPSA) is 29.5 Å². The number of nitrogens with zero attached hydrogens (tertiary/aromatic N) is 1. The molecule has 3 nitrogen and oxygen atoms in total. The van der Waals surface area contributed by atoms with Crippen molar-refractivity contribution in [1.82, 2.24) is 4.90 Å². The number of ether oxygens (including phenoxy) is 1. The van der Waals surface area contributed by atoms with E-state index in [4.69, 9.17) is 4.74 Å². The Kier molecular flexibility index (Phi) is 3.31. The van der Waals surface area contributed by atoms with E-state index in [-0.39, 0.29) is 11.9 Å². The lowest BCUT2D eigenvalue weighted by Gasteiger charge is -2.33. The first kappa shape index (κ1) is 14.0. The van der Waals surface area contributed by atoms with Gasteiger partial charge in [-0.25, -0.2) is 0 Å². The lowest BCUT2D eigenvalue weighted by molar-refractivity contribution is -0.139. The Labute approximate surface area is 138 Å². The molecule has 1 amide bonds. The van der Waals surface area contributed by atoms with Crippen LogP contribution in [0.5, 0.6) is 0 Å². The molecule has 2 aromatic carbocycles. The number of fused-ring (bicyclic) bond motifs is 1. The minimum atomic E-state index is -0.599. The van der Waals surface area contributed by atoms with Crippen LogP contribution < -0.4 is 0 Å². The molecule has 2 aliphatic heterocycles. The summed E-state index contributed by atoms with van der Waals surface area (Å²) in [6.07, 6.45) is 1.26. The van der Waals surface area contributed by atoms with Crippen molar-refractivity contribution in [1.29, 1.82) is 0 Å². The second-order valence-electron chi connectivity index (χ2n) is 5.79. The van der Waals surface area contributed by atoms with Gasteiger partial charge in [0.2, 0.25) is 5.91 Å². The first-order valence-electron chi connectivity index (χ1n) is 7.48. The summed E-state index contributed by atoms with van der Waals surface area (Å²) < 4.78 is 7.25. The van der Waals surface area contributed by atoms with Gasteiger partial charge < -0.3 is 9.64 Å². The first-order chi connectivity index (χ1) is 10.7. The van der Waals surface area contributed by atoms with Crippen LogP contribution in [0.1, 0.15) is 30.0 Å². The van der Waals surface area contributed by atoms with Gasteiger partial charge in [0.25, 0.3) is 0 Å². The molecule has 0 aliphatic carbocycles. The molecule has 2 aliphatic rings. The van der Waals surface area contributed by atoms with Gasteiger partial charge in [-0.1, -0.05) is 58.4 Å². The molecule has 2 saturated heterocycles. The predicted octanol–water partition coefficient (Wildman–Crippen LogP) is 4.00. The molecule has 0 radical (unpaired) electrons. The smallest absolute Gasteiger partial charge is 0.225 e. The SMILES string of the molecule is O=C1CC[C@@]2(c3ccc(Br)cc3)OC[C@H](c3ccccc3)N12. The summed E-state index contributed by atoms with van der Waals surface area (Å²) in [7, 11) is 0. The van der Waals surface area contributed by atoms with E-state index in [0.29, 0.717) is 13.0 Å². The van der Waals surface area contributed by atoms with Gasteiger partial charge in [0, 0.05) is 22.9 Å². The van der Waals surface area contributed by atoms with Crippen molar-refractivity contribution >= 4 is 21.8 Å². The van der Waals surface area contributed by atoms with E-state index in [2.05, 4.69) is 28.1 Å². The third kappa shape index (κ3) is 2.02. The molecule has 2 aromatic rings. The Balaban J connectivity index is 1.77. The van der Waals surface area contributed by atoms with Crippen molar-refractivity contribution in [2.24, 2.45) is 0 Å². The van der Waals surface area contributed by atoms with Crippen LogP contribution in [0.3, 0.4) is 0 Å². The summed E-state index contributed by atoms with van der Waals surface area (Å²) in [6.45, 7) is 0.547. The van der Waals surface area contributed by atoms with Gasteiger partial charge in [0.15, 0.2) is 5.72 Å². The Hall–Kier alpha value is -1.65. The van der Waals surface area contributed by atoms with Gasteiger partial charge in [-0.2, -0.15) is 0 Å². The normalized spacial score (nSPS) is 27.2. The molecule has 4 rings (SSSR count). The van der Waals surface area contributed by atoms with Crippen LogP contribution in [0, 0.1) is 0 Å². The minimum Gasteiger partial charge on any atom is -0.349 e. The molecule has 2 heterocycles. The van der Waals surface area contributed by atoms with Gasteiger partial charge in [-0.05, 0) is 17.7 Å². The molecule has 2 fully saturated rings. The maximum Gasteiger partial charge on any atom is 0.225 e. The molecule has 0 N–H and O–H groups in total. The van der Waals surface area contributed by atoms with Crippen LogP contribution in [0.25, 0.3) is 0 Å². The van der Waals surface area contributed by atoms with Gasteiger partial charge in [-0.15, -0.1) is 0 Å². The van der Waals surface area contributed by atoms with E-state index in [1.54, 1.807) is 0 Å². The number of carbonyl (C=O) groups is 1. The van der Waals surface area contributed by atoms with E-state index in [9.17, 15) is 4.79 Å². The zero-order valence-corrected chi connectivity index (χ0v) is 13.6. The molecule has 0 saturated carbocycles. The fraction of sp³-hybridized carbons (Fsp3) is 0.278. The predicted molar refractivity (Wildman–Crippen MR) is 87.0 cm³/mol. The summed E-state index contributed by atoms with van der Waals surface area (Å²) in [5.74, 6) is 0.175. The van der Waals surface area contributed by atoms with Crippen molar-refractivity contribution in [2.75, 3.05) is 6.61 Å². The second kappa shape index (κ2) is 5.21. The average molecular weight is 358 g/mol. The minimum absolute atomic E-state index is 0.000142. The second-order valence-corrected chi connectivity index (χ2v) is 6.71. The van der Waals surface area contributed by atoms with Crippen LogP contribution in [0.15, 0.2) is 59.1 Å². The Bertz CT molecular complexity index is 701. The van der Waals surface area contributed by atoms with Crippen LogP contribution >= 0.6 is 15.9 Å². The van der Waals surface area contributed by atoms with Crippen molar-refractivity contribution in [3.63, 3.8) is 0 Å². The van der Waals surface area contributed by atoms with Gasteiger partial charge in [0.05, 0.1) is 12.6 Å². The van der Waals surface area contributed by atoms with Gasteiger partial charge >= 0.3 is 0 Å². The summed E-state index contributed by atoms with van der Waals surface area (Å²) in [4.78, 5) is 14.5. The summed E-state index contributed by atoms with van der Waals surface area (Å²) in [5.41, 5.74) is 1.59. The van der Waals surface area contributed by atoms with E-state index < -0.39 is 5.72 Å². The van der Waals surface area contributed by atoms with Crippen LogP contribution in [-0.4, -0.2) is 17.4 Å². The summed E-state index contributed by atoms with van der Waals surface area (Å²) >= 11 is 3.46. The first-order valence-corrected chi connectivity index (χ1v) is 8.27. The Morgan fingerprint density at radius 2 is 1.82 bits per heavy atom. The standard InChI is InChI=1S/C18H16BrNO2/c19-15-8-6-14(7-9-15)18-11-10-17(21)20(18)16(12-22-18)13-4-2-1-3-5-13/h1-9,16H,10-12H2/t16-,18+/m1/s1. The average Bonchev–Trinajstić information content (AvgIpc) is 3.09. The molecule has 0 unspecified atom stereocenters. The lowest BCUT2D eigenvalue weighted by atomic mass is 9.99. The monoisotopic (exact) mass is 357 g/mol. The highest BCUT2D eigenvalue weighted by Gasteiger charge is 2.55. The zero-order chi connectivity index (χ0) is 15.2. The molecule has 0 aromatic heterocycles. The van der Waals surface area contributed by atoms with Crippen molar-refractivity contribution in [3.8, 4) is 0 Å². The summed E-state index contributed by atoms with van der Waals surface area (Å²) in [6, 6.07) is 18.2. The van der Waals surface area contributed by atoms with Crippen LogP contribution in [0.4, 0.5) is 0 Å². The number of benzene rings is 2. The molecule has 4 heteroatoms. The highest BCUT2D eigenvalue weighted by Crippen LogP contribution is 2.50. The number of hydrogen-bond donors (Lipinski definition) is 0. The lowest BCUT2D eigenvalue weighted by Crippen LogP contribution is -2.40. The zero-order valence-electron chi connectivity index (χ0n) is 12.0. The number of amides is 1. The molecular weight excluding hydrogens is 342 g/mol. The fourth-order valence-electron chi connectivity index (χ4n) is 3.57. The fourth-order valence-corrected chi connectivity index (χ4v) is 3.84. The number of halogens is 1. The van der Waals surface area contributed by atoms with E-state index >= 15 is 0 Å². The van der Waals surface area contributed by atoms with Gasteiger partial charge in [-0.3, -0.25) is 4.79 Å². The quantitative estimate of drug-likeness (QED) is 0.812. The van der Waals surface area contributed by atoms with Crippen LogP contribution in [0.2, 0.25) is 0 Å². The number of hydrogen-bond acceptors (Lipinski definition) is 2. The largest absolute Gasteiger partial charge is 0.349 e. The summed E-state index contributed by atoms with van der Waals surface area (Å²) in [5, 5.41) is 0. The number of carbonyl (C=O) groups excluding carboxylic acids is 1. The maximum absolute atomic E-state index is 12.5. The Morgan fingerprint density at radius 1 is 1.09 bits per heavy atom. The van der Waals surface area contributed by atoms with Crippen molar-refractivity contribution in [3.05, 3.63) is 70.2 Å². The molecule has 0 spiro atoms. The van der Waals surface area contributed by atoms with Gasteiger partial charge in [0.1, 0.15) is 0 Å². The third-order valence-electron chi connectivity index (χ3n) is 4.61. The highest BCUT2D eigenvalue weighted by molar-refractivity contribution is 9.10. The highest BCUT2D eigenvalue weighted by atomic mass is 79.9. The number of rotatable bonds is 2. The van der Waals surface area contributed by atoms with Crippen LogP contribution in [-0.2, 0) is 15.3 Å². The molecule has 0 bridgehead atoms. The van der Waals surface area contributed by atoms with Crippen molar-refractivity contribution in [2.45, 2.75) is 24.6 Å². The molecule has 112 valence electrons. The van der Waals surface area contributed by atoms with Crippen molar-refractivity contribution < 1.29 is 9.53 Å². The third-order valence-corrected chi connectivity index (χ3v) is 5.14. The molecule has 22 heavy (non-hydrogen) atoms. The van der Waals surface area contributed by atoms with E-state index in [0.717, 1.165) is 22.0 Å².